The summed E-state index contributed by atoms with van der Waals surface area (Å²) >= 11 is 0. The first kappa shape index (κ1) is 19.3. The van der Waals surface area contributed by atoms with E-state index in [-0.39, 0.29) is 11.1 Å². The van der Waals surface area contributed by atoms with Crippen LogP contribution in [-0.2, 0) is 11.0 Å². The molecule has 0 bridgehead atoms. The minimum absolute atomic E-state index is 0.0655. The van der Waals surface area contributed by atoms with Crippen molar-refractivity contribution in [3.05, 3.63) is 35.5 Å². The smallest absolute Gasteiger partial charge is 0.396 e. The summed E-state index contributed by atoms with van der Waals surface area (Å²) in [7, 11) is 0. The highest BCUT2D eigenvalue weighted by Gasteiger charge is 2.38. The molecule has 26 heavy (non-hydrogen) atoms. The van der Waals surface area contributed by atoms with Gasteiger partial charge in [0.1, 0.15) is 12.4 Å². The standard InChI is InChI=1S/C15H14F4N4O3/c1-3-25-20-7-8(2)21-13(24)10-5-4-9(6-11(10)16)12-22-14(26-23-12)15(17,18)19/h4-8H,3H2,1-2H3,(H,21,24). The number of halogens is 4. The summed E-state index contributed by atoms with van der Waals surface area (Å²) in [4.78, 5) is 19.9. The van der Waals surface area contributed by atoms with E-state index in [9.17, 15) is 22.4 Å². The normalized spacial score (nSPS) is 13.0. The second-order valence-corrected chi connectivity index (χ2v) is 5.05. The van der Waals surface area contributed by atoms with E-state index in [4.69, 9.17) is 4.84 Å². The second-order valence-electron chi connectivity index (χ2n) is 5.05. The third-order valence-corrected chi connectivity index (χ3v) is 2.99. The van der Waals surface area contributed by atoms with Crippen LogP contribution in [0.1, 0.15) is 30.1 Å². The molecule has 2 rings (SSSR count). The first-order valence-corrected chi connectivity index (χ1v) is 7.39. The van der Waals surface area contributed by atoms with Crippen LogP contribution in [-0.4, -0.2) is 34.9 Å². The molecule has 0 saturated heterocycles. The highest BCUT2D eigenvalue weighted by molar-refractivity contribution is 5.96. The molecule has 0 aliphatic heterocycles. The van der Waals surface area contributed by atoms with E-state index >= 15 is 0 Å². The van der Waals surface area contributed by atoms with E-state index < -0.39 is 35.7 Å². The summed E-state index contributed by atoms with van der Waals surface area (Å²) in [5.74, 6) is -3.67. The van der Waals surface area contributed by atoms with E-state index in [1.807, 2.05) is 0 Å². The van der Waals surface area contributed by atoms with Crippen molar-refractivity contribution in [2.45, 2.75) is 26.1 Å². The Morgan fingerprint density at radius 1 is 1.46 bits per heavy atom. The minimum Gasteiger partial charge on any atom is -0.396 e. The number of carbonyl (C=O) groups excluding carboxylic acids is 1. The van der Waals surface area contributed by atoms with Crippen LogP contribution < -0.4 is 5.32 Å². The molecule has 0 fully saturated rings. The van der Waals surface area contributed by atoms with Crippen molar-refractivity contribution in [3.63, 3.8) is 0 Å². The molecule has 0 aliphatic carbocycles. The van der Waals surface area contributed by atoms with Crippen LogP contribution in [0.5, 0.6) is 0 Å². The van der Waals surface area contributed by atoms with E-state index in [0.29, 0.717) is 6.61 Å². The molecule has 7 nitrogen and oxygen atoms in total. The van der Waals surface area contributed by atoms with E-state index in [1.165, 1.54) is 12.3 Å². The fourth-order valence-corrected chi connectivity index (χ4v) is 1.82. The number of alkyl halides is 3. The number of hydrogen-bond acceptors (Lipinski definition) is 6. The fraction of sp³-hybridized carbons (Fsp3) is 0.333. The lowest BCUT2D eigenvalue weighted by Gasteiger charge is -2.10. The van der Waals surface area contributed by atoms with E-state index in [0.717, 1.165) is 12.1 Å². The van der Waals surface area contributed by atoms with Gasteiger partial charge in [-0.25, -0.2) is 4.39 Å². The molecule has 11 heteroatoms. The second kappa shape index (κ2) is 7.93. The van der Waals surface area contributed by atoms with Crippen molar-refractivity contribution in [1.82, 2.24) is 15.5 Å². The maximum atomic E-state index is 14.2. The van der Waals surface area contributed by atoms with E-state index in [2.05, 4.69) is 25.1 Å². The Hall–Kier alpha value is -2.98. The molecule has 0 spiro atoms. The Bertz CT molecular complexity index is 804. The van der Waals surface area contributed by atoms with Crippen LogP contribution in [0.3, 0.4) is 0 Å². The number of aromatic nitrogens is 2. The van der Waals surface area contributed by atoms with Crippen LogP contribution in [0, 0.1) is 5.82 Å². The molecule has 1 heterocycles. The number of hydrogen-bond donors (Lipinski definition) is 1. The first-order valence-electron chi connectivity index (χ1n) is 7.39. The van der Waals surface area contributed by atoms with Gasteiger partial charge in [0.05, 0.1) is 17.8 Å². The predicted molar refractivity (Wildman–Crippen MR) is 81.7 cm³/mol. The maximum absolute atomic E-state index is 14.2. The van der Waals surface area contributed by atoms with Crippen molar-refractivity contribution < 1.29 is 31.7 Å². The average molecular weight is 374 g/mol. The summed E-state index contributed by atoms with van der Waals surface area (Å²) in [6.45, 7) is 3.70. The monoisotopic (exact) mass is 374 g/mol. The number of nitrogens with one attached hydrogen (secondary N) is 1. The third kappa shape index (κ3) is 4.77. The van der Waals surface area contributed by atoms with Crippen molar-refractivity contribution in [3.8, 4) is 11.4 Å². The molecular formula is C15H14F4N4O3. The lowest BCUT2D eigenvalue weighted by Crippen LogP contribution is -2.34. The third-order valence-electron chi connectivity index (χ3n) is 2.99. The quantitative estimate of drug-likeness (QED) is 0.477. The molecule has 2 aromatic rings. The van der Waals surface area contributed by atoms with Gasteiger partial charge in [-0.2, -0.15) is 18.2 Å². The number of rotatable bonds is 6. The molecule has 0 saturated carbocycles. The van der Waals surface area contributed by atoms with Gasteiger partial charge in [0, 0.05) is 5.56 Å². The number of carbonyl (C=O) groups is 1. The predicted octanol–water partition coefficient (Wildman–Crippen LogP) is 3.04. The van der Waals surface area contributed by atoms with Crippen LogP contribution in [0.4, 0.5) is 17.6 Å². The molecule has 1 amide bonds. The first-order chi connectivity index (χ1) is 12.2. The summed E-state index contributed by atoms with van der Waals surface area (Å²) in [5.41, 5.74) is -0.366. The molecule has 1 atom stereocenters. The van der Waals surface area contributed by atoms with Gasteiger partial charge < -0.3 is 14.7 Å². The number of oxime groups is 1. The molecule has 0 radical (unpaired) electrons. The Morgan fingerprint density at radius 3 is 2.77 bits per heavy atom. The summed E-state index contributed by atoms with van der Waals surface area (Å²) in [5, 5.41) is 9.21. The van der Waals surface area contributed by atoms with Crippen molar-refractivity contribution >= 4 is 12.1 Å². The molecule has 1 unspecified atom stereocenters. The van der Waals surface area contributed by atoms with Crippen LogP contribution in [0.15, 0.2) is 27.9 Å². The van der Waals surface area contributed by atoms with Gasteiger partial charge in [-0.05, 0) is 26.0 Å². The van der Waals surface area contributed by atoms with Gasteiger partial charge in [-0.3, -0.25) is 4.79 Å². The Kier molecular flexibility index (Phi) is 5.90. The molecule has 1 N–H and O–H groups in total. The number of amides is 1. The fourth-order valence-electron chi connectivity index (χ4n) is 1.82. The van der Waals surface area contributed by atoms with Crippen molar-refractivity contribution in [2.75, 3.05) is 6.61 Å². The maximum Gasteiger partial charge on any atom is 0.471 e. The molecule has 1 aromatic heterocycles. The Labute approximate surface area is 145 Å². The van der Waals surface area contributed by atoms with Gasteiger partial charge >= 0.3 is 12.1 Å². The van der Waals surface area contributed by atoms with Gasteiger partial charge in [0.25, 0.3) is 5.91 Å². The highest BCUT2D eigenvalue weighted by atomic mass is 19.4. The van der Waals surface area contributed by atoms with Gasteiger partial charge in [0.15, 0.2) is 0 Å². The lowest BCUT2D eigenvalue weighted by molar-refractivity contribution is -0.159. The summed E-state index contributed by atoms with van der Waals surface area (Å²) < 4.78 is 55.6. The molecular weight excluding hydrogens is 360 g/mol. The zero-order valence-electron chi connectivity index (χ0n) is 13.7. The number of benzene rings is 1. The largest absolute Gasteiger partial charge is 0.471 e. The lowest BCUT2D eigenvalue weighted by atomic mass is 10.1. The number of nitrogens with zero attached hydrogens (tertiary/aromatic N) is 3. The average Bonchev–Trinajstić information content (AvgIpc) is 3.05. The Balaban J connectivity index is 2.14. The van der Waals surface area contributed by atoms with Crippen molar-refractivity contribution in [1.29, 1.82) is 0 Å². The highest BCUT2D eigenvalue weighted by Crippen LogP contribution is 2.29. The van der Waals surface area contributed by atoms with Crippen molar-refractivity contribution in [2.24, 2.45) is 5.16 Å². The van der Waals surface area contributed by atoms with Gasteiger partial charge in [-0.1, -0.05) is 16.4 Å². The zero-order chi connectivity index (χ0) is 19.3. The zero-order valence-corrected chi connectivity index (χ0v) is 13.7. The van der Waals surface area contributed by atoms with E-state index in [1.54, 1.807) is 13.8 Å². The summed E-state index contributed by atoms with van der Waals surface area (Å²) in [6.07, 6.45) is -3.48. The minimum atomic E-state index is -4.80. The van der Waals surface area contributed by atoms with Gasteiger partial charge in [-0.15, -0.1) is 0 Å². The van der Waals surface area contributed by atoms with Gasteiger partial charge in [0.2, 0.25) is 5.82 Å². The summed E-state index contributed by atoms with van der Waals surface area (Å²) in [6, 6.07) is 2.64. The molecule has 1 aromatic carbocycles. The molecule has 140 valence electrons. The van der Waals surface area contributed by atoms with Crippen LogP contribution in [0.25, 0.3) is 11.4 Å². The van der Waals surface area contributed by atoms with Crippen LogP contribution in [0.2, 0.25) is 0 Å². The SMILES string of the molecule is CCON=CC(C)NC(=O)c1ccc(-c2noc(C(F)(F)F)n2)cc1F. The van der Waals surface area contributed by atoms with Crippen LogP contribution >= 0.6 is 0 Å². The topological polar surface area (TPSA) is 89.6 Å². The Morgan fingerprint density at radius 2 is 2.19 bits per heavy atom. The molecule has 0 aliphatic rings.